The third-order valence-electron chi connectivity index (χ3n) is 10.8. The molecule has 0 spiro atoms. The minimum Gasteiger partial charge on any atom is -0.459 e. The Morgan fingerprint density at radius 1 is 0.671 bits per heavy atom. The Morgan fingerprint density at radius 2 is 1.24 bits per heavy atom. The third-order valence-corrected chi connectivity index (χ3v) is 10.8. The van der Waals surface area contributed by atoms with Crippen molar-refractivity contribution < 1.29 is 52.5 Å². The predicted molar refractivity (Wildman–Crippen MR) is 287 cm³/mol. The maximum atomic E-state index is 13.7. The minimum atomic E-state index is -1.38. The second kappa shape index (κ2) is 28.9. The van der Waals surface area contributed by atoms with Gasteiger partial charge < -0.3 is 65.5 Å². The van der Waals surface area contributed by atoms with Crippen LogP contribution >= 0.6 is 0 Å². The van der Waals surface area contributed by atoms with Crippen LogP contribution in [0.2, 0.25) is 0 Å². The summed E-state index contributed by atoms with van der Waals surface area (Å²) in [5.74, 6) is -1.04. The summed E-state index contributed by atoms with van der Waals surface area (Å²) in [4.78, 5) is 106. The number of fused-ring (bicyclic) bond motifs is 1. The molecule has 76 heavy (non-hydrogen) atoms. The van der Waals surface area contributed by atoms with E-state index in [4.69, 9.17) is 29.4 Å². The molecule has 7 N–H and O–H groups in total. The van der Waals surface area contributed by atoms with E-state index in [1.54, 1.807) is 104 Å². The minimum absolute atomic E-state index is 0.0589. The molecule has 1 atom stereocenters. The molecule has 0 aliphatic heterocycles. The number of nitrogens with one attached hydrogen (secondary N) is 5. The number of carbonyl (C=O) groups is 6. The lowest BCUT2D eigenvalue weighted by Crippen LogP contribution is -2.50. The SMILES string of the molecule is CCCCNc1nc(N)c2[nH]c(=O)n(Cc3ccc(C(=O)OC[C@H](NC(=O)OCc4ccccc4)C(=O)NCCCN(CCCCN(CCCNC(=O)OC(C)(C)C)C(=O)OC(C)(C)C)C(=O)OC(C)(C)C)cc3)c2n1. The number of aromatic nitrogens is 4. The monoisotopic (exact) mass is 1060 g/mol. The normalized spacial score (nSPS) is 12.0. The molecule has 0 saturated carbocycles. The van der Waals surface area contributed by atoms with Gasteiger partial charge in [0.15, 0.2) is 11.5 Å². The van der Waals surface area contributed by atoms with Crippen LogP contribution in [-0.4, -0.2) is 141 Å². The Kier molecular flexibility index (Phi) is 23.2. The molecule has 0 bridgehead atoms. The summed E-state index contributed by atoms with van der Waals surface area (Å²) < 4.78 is 29.0. The quantitative estimate of drug-likeness (QED) is 0.0208. The van der Waals surface area contributed by atoms with Crippen LogP contribution in [0.4, 0.5) is 30.9 Å². The summed E-state index contributed by atoms with van der Waals surface area (Å²) >= 11 is 0. The zero-order valence-electron chi connectivity index (χ0n) is 45.8. The van der Waals surface area contributed by atoms with Gasteiger partial charge in [0.05, 0.1) is 12.1 Å². The molecule has 23 heteroatoms. The van der Waals surface area contributed by atoms with Crippen LogP contribution in [0.5, 0.6) is 0 Å². The van der Waals surface area contributed by atoms with Gasteiger partial charge in [-0.05, 0) is 118 Å². The van der Waals surface area contributed by atoms with Crippen molar-refractivity contribution in [2.75, 3.05) is 63.5 Å². The van der Waals surface area contributed by atoms with E-state index in [0.717, 1.165) is 12.8 Å². The molecular formula is C53H79N11O12. The molecule has 4 aromatic rings. The zero-order valence-corrected chi connectivity index (χ0v) is 45.8. The fourth-order valence-corrected chi connectivity index (χ4v) is 7.14. The number of nitrogens with two attached hydrogens (primary N) is 1. The van der Waals surface area contributed by atoms with Crippen LogP contribution in [0.15, 0.2) is 59.4 Å². The molecule has 2 heterocycles. The van der Waals surface area contributed by atoms with Gasteiger partial charge in [-0.1, -0.05) is 55.8 Å². The van der Waals surface area contributed by atoms with Gasteiger partial charge in [0, 0.05) is 45.8 Å². The van der Waals surface area contributed by atoms with Crippen molar-refractivity contribution in [3.8, 4) is 0 Å². The number of H-pyrrole nitrogens is 1. The Bertz CT molecular complexity index is 2580. The van der Waals surface area contributed by atoms with Crippen LogP contribution in [0.25, 0.3) is 11.2 Å². The Balaban J connectivity index is 1.37. The Morgan fingerprint density at radius 3 is 1.80 bits per heavy atom. The number of nitrogen functional groups attached to an aromatic ring is 1. The molecule has 2 aromatic heterocycles. The highest BCUT2D eigenvalue weighted by Gasteiger charge is 2.27. The van der Waals surface area contributed by atoms with Gasteiger partial charge in [0.25, 0.3) is 0 Å². The topological polar surface area (TPSA) is 293 Å². The van der Waals surface area contributed by atoms with Crippen LogP contribution in [0.3, 0.4) is 0 Å². The van der Waals surface area contributed by atoms with E-state index in [1.807, 2.05) is 6.07 Å². The van der Waals surface area contributed by atoms with Crippen LogP contribution in [-0.2, 0) is 41.6 Å². The van der Waals surface area contributed by atoms with Gasteiger partial charge in [-0.3, -0.25) is 9.36 Å². The third kappa shape index (κ3) is 22.1. The molecule has 418 valence electrons. The average Bonchev–Trinajstić information content (AvgIpc) is 3.64. The summed E-state index contributed by atoms with van der Waals surface area (Å²) in [7, 11) is 0. The number of alkyl carbamates (subject to hydrolysis) is 2. The number of amides is 5. The molecule has 0 fully saturated rings. The van der Waals surface area contributed by atoms with Crippen molar-refractivity contribution in [3.63, 3.8) is 0 Å². The van der Waals surface area contributed by atoms with E-state index < -0.39 is 71.4 Å². The summed E-state index contributed by atoms with van der Waals surface area (Å²) in [5.41, 5.74) is 5.66. The van der Waals surface area contributed by atoms with Crippen LogP contribution < -0.4 is 32.7 Å². The Hall–Kier alpha value is -7.59. The fourth-order valence-electron chi connectivity index (χ4n) is 7.14. The van der Waals surface area contributed by atoms with E-state index in [0.29, 0.717) is 67.1 Å². The highest BCUT2D eigenvalue weighted by molar-refractivity contribution is 5.90. The molecule has 0 aliphatic rings. The number of aromatic amines is 1. The van der Waals surface area contributed by atoms with Crippen LogP contribution in [0, 0.1) is 0 Å². The number of hydrogen-bond donors (Lipinski definition) is 6. The van der Waals surface area contributed by atoms with E-state index in [-0.39, 0.29) is 57.1 Å². The number of esters is 1. The maximum Gasteiger partial charge on any atom is 0.410 e. The van der Waals surface area contributed by atoms with E-state index in [9.17, 15) is 33.6 Å². The largest absolute Gasteiger partial charge is 0.459 e. The first-order chi connectivity index (χ1) is 35.8. The summed E-state index contributed by atoms with van der Waals surface area (Å²) in [5, 5.41) is 11.1. The molecule has 2 aromatic carbocycles. The number of rotatable bonds is 26. The van der Waals surface area contributed by atoms with Crippen molar-refractivity contribution >= 4 is 59.2 Å². The molecule has 4 rings (SSSR count). The number of ether oxygens (including phenoxy) is 5. The number of benzene rings is 2. The van der Waals surface area contributed by atoms with E-state index in [2.05, 4.69) is 43.1 Å². The zero-order chi connectivity index (χ0) is 56.1. The van der Waals surface area contributed by atoms with Gasteiger partial charge in [0.1, 0.15) is 41.6 Å². The number of anilines is 2. The predicted octanol–water partition coefficient (Wildman–Crippen LogP) is 7.09. The lowest BCUT2D eigenvalue weighted by molar-refractivity contribution is -0.124. The summed E-state index contributed by atoms with van der Waals surface area (Å²) in [6.07, 6.45) is 1.03. The smallest absolute Gasteiger partial charge is 0.410 e. The lowest BCUT2D eigenvalue weighted by Gasteiger charge is -2.29. The van der Waals surface area contributed by atoms with Crippen LogP contribution in [0.1, 0.15) is 129 Å². The first-order valence-corrected chi connectivity index (χ1v) is 25.7. The number of imidazole rings is 1. The average molecular weight is 1060 g/mol. The number of carbonyl (C=O) groups excluding carboxylic acids is 6. The molecule has 23 nitrogen and oxygen atoms in total. The molecule has 0 unspecified atom stereocenters. The van der Waals surface area contributed by atoms with Crippen molar-refractivity contribution in [2.45, 2.75) is 144 Å². The Labute approximate surface area is 444 Å². The van der Waals surface area contributed by atoms with Gasteiger partial charge in [0.2, 0.25) is 11.9 Å². The second-order valence-electron chi connectivity index (χ2n) is 21.1. The molecule has 5 amide bonds. The summed E-state index contributed by atoms with van der Waals surface area (Å²) in [6, 6.07) is 13.9. The molecule has 0 saturated heterocycles. The standard InChI is InChI=1S/C53H79N11O12/c1-11-12-26-56-45-60-41(54)40-42(61-45)64(46(67)59-40)33-36-22-24-38(25-23-36)44(66)72-35-39(58-48(69)73-34-37-20-14-13-15-21-37)43(65)55-27-18-31-62(49(70)75-52(5,6)7)29-16-17-30-63(50(71)76-53(8,9)10)32-19-28-57-47(68)74-51(2,3)4/h13-15,20-25,39H,11-12,16-19,26-35H2,1-10H3,(H,55,65)(H,57,68)(H,58,69)(H,59,67)(H3,54,56,60,61)/t39-/m0/s1. The molecule has 0 aliphatic carbocycles. The first kappa shape index (κ1) is 61.0. The summed E-state index contributed by atoms with van der Waals surface area (Å²) in [6.45, 7) is 19.5. The number of hydrogen-bond acceptors (Lipinski definition) is 16. The molecular weight excluding hydrogens is 983 g/mol. The van der Waals surface area contributed by atoms with Gasteiger partial charge in [-0.25, -0.2) is 28.8 Å². The van der Waals surface area contributed by atoms with Crippen molar-refractivity contribution in [1.82, 2.24) is 45.3 Å². The highest BCUT2D eigenvalue weighted by Crippen LogP contribution is 2.19. The van der Waals surface area contributed by atoms with Crippen molar-refractivity contribution in [2.24, 2.45) is 0 Å². The first-order valence-electron chi connectivity index (χ1n) is 25.7. The fraction of sp³-hybridized carbons (Fsp3) is 0.566. The number of nitrogens with zero attached hydrogens (tertiary/aromatic N) is 5. The van der Waals surface area contributed by atoms with E-state index >= 15 is 0 Å². The van der Waals surface area contributed by atoms with Gasteiger partial charge >= 0.3 is 36.0 Å². The van der Waals surface area contributed by atoms with E-state index in [1.165, 1.54) is 21.6 Å². The molecule has 0 radical (unpaired) electrons. The lowest BCUT2D eigenvalue weighted by atomic mass is 10.1. The van der Waals surface area contributed by atoms with Gasteiger partial charge in [-0.15, -0.1) is 0 Å². The maximum absolute atomic E-state index is 13.7. The van der Waals surface area contributed by atoms with Crippen molar-refractivity contribution in [3.05, 3.63) is 81.8 Å². The van der Waals surface area contributed by atoms with Gasteiger partial charge in [-0.2, -0.15) is 9.97 Å². The number of unbranched alkanes of at least 4 members (excludes halogenated alkanes) is 2. The highest BCUT2D eigenvalue weighted by atomic mass is 16.6. The van der Waals surface area contributed by atoms with Crippen molar-refractivity contribution in [1.29, 1.82) is 0 Å². The second-order valence-corrected chi connectivity index (χ2v) is 21.1.